The number of nitrogens with one attached hydrogen (secondary N) is 1. The predicted octanol–water partition coefficient (Wildman–Crippen LogP) is 0.122. The zero-order chi connectivity index (χ0) is 10.1. The van der Waals surface area contributed by atoms with Crippen molar-refractivity contribution in [2.24, 2.45) is 0 Å². The maximum absolute atomic E-state index is 11.5. The molecule has 0 spiro atoms. The summed E-state index contributed by atoms with van der Waals surface area (Å²) in [6.45, 7) is 3.03. The molecule has 1 N–H and O–H groups in total. The third-order valence-electron chi connectivity index (χ3n) is 2.40. The molecule has 1 unspecified atom stereocenters. The largest absolute Gasteiger partial charge is 0.382 e. The topological polar surface area (TPSA) is 56.1 Å². The molecular weight excluding hydrogens is 182 g/mol. The van der Waals surface area contributed by atoms with E-state index in [0.717, 1.165) is 5.56 Å². The van der Waals surface area contributed by atoms with Crippen LogP contribution in [0.15, 0.2) is 6.20 Å². The van der Waals surface area contributed by atoms with Gasteiger partial charge in [-0.2, -0.15) is 5.10 Å². The normalized spacial score (nSPS) is 20.4. The summed E-state index contributed by atoms with van der Waals surface area (Å²) in [7, 11) is 1.65. The van der Waals surface area contributed by atoms with Gasteiger partial charge >= 0.3 is 0 Å². The molecule has 0 saturated carbocycles. The lowest BCUT2D eigenvalue weighted by molar-refractivity contribution is 0.0860. The SMILES string of the molecule is COCC1CNC(=O)c2c(C)cnn21. The Hall–Kier alpha value is -1.36. The molecule has 76 valence electrons. The van der Waals surface area contributed by atoms with E-state index in [1.165, 1.54) is 0 Å². The van der Waals surface area contributed by atoms with Crippen LogP contribution in [-0.2, 0) is 4.74 Å². The van der Waals surface area contributed by atoms with Crippen LogP contribution in [0.3, 0.4) is 0 Å². The zero-order valence-electron chi connectivity index (χ0n) is 8.28. The van der Waals surface area contributed by atoms with Crippen LogP contribution >= 0.6 is 0 Å². The van der Waals surface area contributed by atoms with Crippen molar-refractivity contribution in [1.29, 1.82) is 0 Å². The fourth-order valence-corrected chi connectivity index (χ4v) is 1.71. The summed E-state index contributed by atoms with van der Waals surface area (Å²) in [4.78, 5) is 11.5. The summed E-state index contributed by atoms with van der Waals surface area (Å²) in [5.74, 6) is -0.0487. The molecule has 0 aliphatic carbocycles. The number of aryl methyl sites for hydroxylation is 1. The minimum absolute atomic E-state index is 0.0487. The highest BCUT2D eigenvalue weighted by atomic mass is 16.5. The molecule has 2 rings (SSSR count). The molecule has 1 aliphatic rings. The van der Waals surface area contributed by atoms with Crippen LogP contribution in [0.4, 0.5) is 0 Å². The molecule has 0 radical (unpaired) electrons. The molecule has 1 aromatic rings. The Bertz CT molecular complexity index is 359. The number of amides is 1. The summed E-state index contributed by atoms with van der Waals surface area (Å²) >= 11 is 0. The number of carbonyl (C=O) groups excluding carboxylic acids is 1. The number of hydrogen-bond donors (Lipinski definition) is 1. The first-order chi connectivity index (χ1) is 6.74. The Labute approximate surface area is 82.0 Å². The molecule has 0 fully saturated rings. The van der Waals surface area contributed by atoms with Crippen molar-refractivity contribution < 1.29 is 9.53 Å². The monoisotopic (exact) mass is 195 g/mol. The lowest BCUT2D eigenvalue weighted by Gasteiger charge is -2.24. The Balaban J connectivity index is 2.38. The van der Waals surface area contributed by atoms with Crippen molar-refractivity contribution in [2.45, 2.75) is 13.0 Å². The highest BCUT2D eigenvalue weighted by Gasteiger charge is 2.27. The fourth-order valence-electron chi connectivity index (χ4n) is 1.71. The van der Waals surface area contributed by atoms with Crippen LogP contribution in [0.5, 0.6) is 0 Å². The standard InChI is InChI=1S/C9H13N3O2/c1-6-3-11-12-7(5-14-2)4-10-9(13)8(6)12/h3,7H,4-5H2,1-2H3,(H,10,13). The van der Waals surface area contributed by atoms with Crippen LogP contribution in [0.1, 0.15) is 22.1 Å². The number of nitrogens with zero attached hydrogens (tertiary/aromatic N) is 2. The Morgan fingerprint density at radius 2 is 2.57 bits per heavy atom. The van der Waals surface area contributed by atoms with E-state index in [-0.39, 0.29) is 11.9 Å². The average molecular weight is 195 g/mol. The van der Waals surface area contributed by atoms with Gasteiger partial charge in [-0.15, -0.1) is 0 Å². The number of fused-ring (bicyclic) bond motifs is 1. The second kappa shape index (κ2) is 3.42. The van der Waals surface area contributed by atoms with E-state index in [9.17, 15) is 4.79 Å². The lowest BCUT2D eigenvalue weighted by atomic mass is 10.2. The highest BCUT2D eigenvalue weighted by Crippen LogP contribution is 2.17. The van der Waals surface area contributed by atoms with Gasteiger partial charge < -0.3 is 10.1 Å². The van der Waals surface area contributed by atoms with Crippen LogP contribution < -0.4 is 5.32 Å². The first-order valence-electron chi connectivity index (χ1n) is 4.55. The van der Waals surface area contributed by atoms with E-state index < -0.39 is 0 Å². The van der Waals surface area contributed by atoms with Gasteiger partial charge in [0.1, 0.15) is 5.69 Å². The van der Waals surface area contributed by atoms with Gasteiger partial charge in [0.2, 0.25) is 0 Å². The van der Waals surface area contributed by atoms with Crippen molar-refractivity contribution >= 4 is 5.91 Å². The van der Waals surface area contributed by atoms with Crippen LogP contribution in [-0.4, -0.2) is 35.9 Å². The molecule has 0 aromatic carbocycles. The summed E-state index contributed by atoms with van der Waals surface area (Å²) < 4.78 is 6.82. The van der Waals surface area contributed by atoms with Crippen LogP contribution in [0, 0.1) is 6.92 Å². The Kier molecular flexibility index (Phi) is 2.25. The van der Waals surface area contributed by atoms with Gasteiger partial charge in [-0.25, -0.2) is 0 Å². The molecular formula is C9H13N3O2. The van der Waals surface area contributed by atoms with Gasteiger partial charge in [0.15, 0.2) is 0 Å². The minimum Gasteiger partial charge on any atom is -0.382 e. The molecule has 5 nitrogen and oxygen atoms in total. The highest BCUT2D eigenvalue weighted by molar-refractivity contribution is 5.94. The van der Waals surface area contributed by atoms with E-state index in [2.05, 4.69) is 10.4 Å². The Morgan fingerprint density at radius 1 is 1.79 bits per heavy atom. The number of rotatable bonds is 2. The van der Waals surface area contributed by atoms with Crippen molar-refractivity contribution in [3.8, 4) is 0 Å². The van der Waals surface area contributed by atoms with E-state index in [4.69, 9.17) is 4.74 Å². The second-order valence-corrected chi connectivity index (χ2v) is 3.44. The first-order valence-corrected chi connectivity index (χ1v) is 4.55. The van der Waals surface area contributed by atoms with Gasteiger partial charge in [0.05, 0.1) is 18.8 Å². The minimum atomic E-state index is -0.0487. The van der Waals surface area contributed by atoms with Gasteiger partial charge in [-0.1, -0.05) is 0 Å². The van der Waals surface area contributed by atoms with Gasteiger partial charge in [0, 0.05) is 19.2 Å². The zero-order valence-corrected chi connectivity index (χ0v) is 8.28. The van der Waals surface area contributed by atoms with Gasteiger partial charge in [-0.3, -0.25) is 9.48 Å². The molecule has 2 heterocycles. The number of methoxy groups -OCH3 is 1. The molecule has 14 heavy (non-hydrogen) atoms. The quantitative estimate of drug-likeness (QED) is 0.729. The number of ether oxygens (including phenoxy) is 1. The van der Waals surface area contributed by atoms with Crippen molar-refractivity contribution in [1.82, 2.24) is 15.1 Å². The third-order valence-corrected chi connectivity index (χ3v) is 2.40. The molecule has 1 amide bonds. The van der Waals surface area contributed by atoms with E-state index in [1.807, 2.05) is 6.92 Å². The number of aromatic nitrogens is 2. The second-order valence-electron chi connectivity index (χ2n) is 3.44. The van der Waals surface area contributed by atoms with Crippen molar-refractivity contribution in [2.75, 3.05) is 20.3 Å². The summed E-state index contributed by atoms with van der Waals surface area (Å²) in [5.41, 5.74) is 1.56. The van der Waals surface area contributed by atoms with Crippen LogP contribution in [0.2, 0.25) is 0 Å². The van der Waals surface area contributed by atoms with Gasteiger partial charge in [0.25, 0.3) is 5.91 Å². The van der Waals surface area contributed by atoms with Crippen LogP contribution in [0.25, 0.3) is 0 Å². The molecule has 1 aliphatic heterocycles. The van der Waals surface area contributed by atoms with E-state index >= 15 is 0 Å². The van der Waals surface area contributed by atoms with E-state index in [1.54, 1.807) is 18.0 Å². The smallest absolute Gasteiger partial charge is 0.269 e. The molecule has 5 heteroatoms. The maximum atomic E-state index is 11.5. The van der Waals surface area contributed by atoms with E-state index in [0.29, 0.717) is 18.8 Å². The third kappa shape index (κ3) is 1.29. The average Bonchev–Trinajstić information content (AvgIpc) is 2.54. The molecule has 0 bridgehead atoms. The fraction of sp³-hybridized carbons (Fsp3) is 0.556. The molecule has 1 atom stereocenters. The van der Waals surface area contributed by atoms with Crippen molar-refractivity contribution in [3.63, 3.8) is 0 Å². The first kappa shape index (κ1) is 9.21. The molecule has 0 saturated heterocycles. The summed E-state index contributed by atoms with van der Waals surface area (Å²) in [5, 5.41) is 7.00. The Morgan fingerprint density at radius 3 is 3.29 bits per heavy atom. The number of carbonyl (C=O) groups is 1. The lowest BCUT2D eigenvalue weighted by Crippen LogP contribution is -2.41. The summed E-state index contributed by atoms with van der Waals surface area (Å²) in [6.07, 6.45) is 1.71. The molecule has 1 aromatic heterocycles. The predicted molar refractivity (Wildman–Crippen MR) is 50.2 cm³/mol. The number of hydrogen-bond acceptors (Lipinski definition) is 3. The van der Waals surface area contributed by atoms with Gasteiger partial charge in [-0.05, 0) is 6.92 Å². The van der Waals surface area contributed by atoms with Crippen molar-refractivity contribution in [3.05, 3.63) is 17.5 Å². The summed E-state index contributed by atoms with van der Waals surface area (Å²) in [6, 6.07) is 0.112. The maximum Gasteiger partial charge on any atom is 0.269 e.